The van der Waals surface area contributed by atoms with E-state index in [1.165, 1.54) is 12.1 Å². The highest BCUT2D eigenvalue weighted by atomic mass is 16.4. The van der Waals surface area contributed by atoms with Gasteiger partial charge in [0.2, 0.25) is 0 Å². The van der Waals surface area contributed by atoms with E-state index in [9.17, 15) is 14.9 Å². The minimum absolute atomic E-state index is 0.0907. The summed E-state index contributed by atoms with van der Waals surface area (Å²) in [5, 5.41) is 21.2. The van der Waals surface area contributed by atoms with Gasteiger partial charge in [-0.2, -0.15) is 5.26 Å². The number of aryl methyl sites for hydroxylation is 3. The van der Waals surface area contributed by atoms with Gasteiger partial charge in [0, 0.05) is 17.3 Å². The Kier molecular flexibility index (Phi) is 5.84. The first-order valence-corrected chi connectivity index (χ1v) is 9.23. The van der Waals surface area contributed by atoms with Crippen LogP contribution in [0.3, 0.4) is 0 Å². The number of hydrogen-bond acceptors (Lipinski definition) is 4. The molecule has 6 nitrogen and oxygen atoms in total. The van der Waals surface area contributed by atoms with E-state index in [1.807, 2.05) is 32.0 Å². The highest BCUT2D eigenvalue weighted by molar-refractivity contribution is 6.09. The lowest BCUT2D eigenvalue weighted by atomic mass is 10.0. The van der Waals surface area contributed by atoms with Crippen LogP contribution in [0, 0.1) is 32.1 Å². The van der Waals surface area contributed by atoms with Gasteiger partial charge in [-0.05, 0) is 73.9 Å². The first-order chi connectivity index (χ1) is 14.3. The molecule has 0 atom stereocenters. The van der Waals surface area contributed by atoms with Crippen molar-refractivity contribution in [2.75, 3.05) is 5.32 Å². The van der Waals surface area contributed by atoms with Gasteiger partial charge in [0.1, 0.15) is 23.2 Å². The maximum Gasteiger partial charge on any atom is 0.335 e. The summed E-state index contributed by atoms with van der Waals surface area (Å²) in [6, 6.07) is 15.5. The van der Waals surface area contributed by atoms with Crippen LogP contribution in [-0.4, -0.2) is 17.0 Å². The Morgan fingerprint density at radius 2 is 1.77 bits per heavy atom. The summed E-state index contributed by atoms with van der Waals surface area (Å²) in [5.41, 5.74) is 4.34. The molecule has 2 N–H and O–H groups in total. The summed E-state index contributed by atoms with van der Waals surface area (Å²) in [7, 11) is 0. The molecule has 0 unspecified atom stereocenters. The molecule has 3 rings (SSSR count). The molecule has 0 aliphatic heterocycles. The number of aromatic carboxylic acids is 1. The fraction of sp³-hybridized carbons (Fsp3) is 0.125. The maximum atomic E-state index is 12.5. The number of carboxylic acids is 1. The van der Waals surface area contributed by atoms with Crippen molar-refractivity contribution in [3.63, 3.8) is 0 Å². The van der Waals surface area contributed by atoms with Crippen molar-refractivity contribution in [2.24, 2.45) is 0 Å². The number of furan rings is 1. The Hall–Kier alpha value is -4.11. The zero-order valence-corrected chi connectivity index (χ0v) is 16.8. The lowest BCUT2D eigenvalue weighted by Crippen LogP contribution is -2.13. The average Bonchev–Trinajstić information content (AvgIpc) is 3.17. The van der Waals surface area contributed by atoms with Crippen molar-refractivity contribution < 1.29 is 19.1 Å². The minimum atomic E-state index is -0.999. The van der Waals surface area contributed by atoms with Crippen LogP contribution in [0.5, 0.6) is 0 Å². The van der Waals surface area contributed by atoms with Crippen LogP contribution in [0.15, 0.2) is 58.5 Å². The van der Waals surface area contributed by atoms with Gasteiger partial charge in [-0.1, -0.05) is 12.1 Å². The zero-order chi connectivity index (χ0) is 21.8. The van der Waals surface area contributed by atoms with Gasteiger partial charge in [-0.15, -0.1) is 0 Å². The maximum absolute atomic E-state index is 12.5. The Labute approximate surface area is 174 Å². The normalized spacial score (nSPS) is 11.1. The Balaban J connectivity index is 1.83. The second-order valence-corrected chi connectivity index (χ2v) is 6.96. The third-order valence-corrected chi connectivity index (χ3v) is 4.78. The van der Waals surface area contributed by atoms with Gasteiger partial charge in [-0.25, -0.2) is 4.79 Å². The van der Waals surface area contributed by atoms with Crippen molar-refractivity contribution in [3.8, 4) is 17.4 Å². The largest absolute Gasteiger partial charge is 0.478 e. The molecular formula is C24H20N2O4. The number of anilines is 1. The molecule has 6 heteroatoms. The van der Waals surface area contributed by atoms with Crippen LogP contribution in [0.4, 0.5) is 5.69 Å². The van der Waals surface area contributed by atoms with Crippen molar-refractivity contribution in [1.29, 1.82) is 5.26 Å². The van der Waals surface area contributed by atoms with Crippen LogP contribution in [0.25, 0.3) is 17.4 Å². The lowest BCUT2D eigenvalue weighted by Gasteiger charge is -2.07. The highest BCUT2D eigenvalue weighted by Gasteiger charge is 2.13. The molecule has 0 fully saturated rings. The summed E-state index contributed by atoms with van der Waals surface area (Å²) in [6.45, 7) is 5.71. The summed E-state index contributed by atoms with van der Waals surface area (Å²) in [5.74, 6) is -0.664. The lowest BCUT2D eigenvalue weighted by molar-refractivity contribution is -0.112. The first-order valence-electron chi connectivity index (χ1n) is 9.23. The van der Waals surface area contributed by atoms with Crippen molar-refractivity contribution >= 4 is 23.6 Å². The molecule has 0 aliphatic rings. The van der Waals surface area contributed by atoms with E-state index in [0.29, 0.717) is 17.2 Å². The molecule has 3 aromatic rings. The molecule has 1 amide bonds. The molecule has 0 radical (unpaired) electrons. The number of benzene rings is 2. The van der Waals surface area contributed by atoms with Gasteiger partial charge in [0.05, 0.1) is 5.56 Å². The Morgan fingerprint density at radius 1 is 1.00 bits per heavy atom. The number of nitriles is 1. The molecule has 30 heavy (non-hydrogen) atoms. The van der Waals surface area contributed by atoms with Crippen molar-refractivity contribution in [3.05, 3.63) is 82.1 Å². The fourth-order valence-electron chi connectivity index (χ4n) is 2.96. The van der Waals surface area contributed by atoms with E-state index in [4.69, 9.17) is 9.52 Å². The standard InChI is InChI=1S/C24H20N2O4/c1-14-4-6-19(11-15(14)2)26-23(27)18(13-25)12-20-7-9-22(30-20)21-8-5-17(24(28)29)10-16(21)3/h4-12H,1-3H3,(H,26,27)(H,28,29)/b18-12-. The van der Waals surface area contributed by atoms with E-state index in [0.717, 1.165) is 22.3 Å². The van der Waals surface area contributed by atoms with Crippen LogP contribution < -0.4 is 5.32 Å². The second kappa shape index (κ2) is 8.50. The molecule has 0 saturated carbocycles. The van der Waals surface area contributed by atoms with Crippen LogP contribution in [0.1, 0.15) is 32.8 Å². The third-order valence-electron chi connectivity index (χ3n) is 4.78. The zero-order valence-electron chi connectivity index (χ0n) is 16.8. The number of carbonyl (C=O) groups is 2. The third kappa shape index (κ3) is 4.47. The predicted molar refractivity (Wildman–Crippen MR) is 114 cm³/mol. The molecule has 150 valence electrons. The smallest absolute Gasteiger partial charge is 0.335 e. The number of carbonyl (C=O) groups excluding carboxylic acids is 1. The molecule has 2 aromatic carbocycles. The number of nitrogens with one attached hydrogen (secondary N) is 1. The van der Waals surface area contributed by atoms with Gasteiger partial charge in [-0.3, -0.25) is 4.79 Å². The topological polar surface area (TPSA) is 103 Å². The Bertz CT molecular complexity index is 1210. The average molecular weight is 400 g/mol. The summed E-state index contributed by atoms with van der Waals surface area (Å²) in [4.78, 5) is 23.6. The highest BCUT2D eigenvalue weighted by Crippen LogP contribution is 2.27. The van der Waals surface area contributed by atoms with E-state index in [-0.39, 0.29) is 11.1 Å². The van der Waals surface area contributed by atoms with Gasteiger partial charge in [0.15, 0.2) is 0 Å². The Morgan fingerprint density at radius 3 is 2.40 bits per heavy atom. The number of rotatable bonds is 5. The van der Waals surface area contributed by atoms with Gasteiger partial charge >= 0.3 is 5.97 Å². The second-order valence-electron chi connectivity index (χ2n) is 6.96. The fourth-order valence-corrected chi connectivity index (χ4v) is 2.96. The van der Waals surface area contributed by atoms with Crippen molar-refractivity contribution in [2.45, 2.75) is 20.8 Å². The van der Waals surface area contributed by atoms with Crippen LogP contribution >= 0.6 is 0 Å². The molecule has 0 saturated heterocycles. The summed E-state index contributed by atoms with van der Waals surface area (Å²) >= 11 is 0. The van der Waals surface area contributed by atoms with Crippen LogP contribution in [0.2, 0.25) is 0 Å². The van der Waals surface area contributed by atoms with Gasteiger partial charge < -0.3 is 14.8 Å². The number of hydrogen-bond donors (Lipinski definition) is 2. The summed E-state index contributed by atoms with van der Waals surface area (Å²) in [6.07, 6.45) is 1.38. The van der Waals surface area contributed by atoms with Gasteiger partial charge in [0.25, 0.3) is 5.91 Å². The summed E-state index contributed by atoms with van der Waals surface area (Å²) < 4.78 is 5.76. The van der Waals surface area contributed by atoms with E-state index in [2.05, 4.69) is 5.32 Å². The van der Waals surface area contributed by atoms with Crippen LogP contribution in [-0.2, 0) is 4.79 Å². The molecule has 1 aromatic heterocycles. The molecule has 0 spiro atoms. The van der Waals surface area contributed by atoms with E-state index in [1.54, 1.807) is 37.3 Å². The number of amides is 1. The first kappa shape index (κ1) is 20.6. The molecule has 1 heterocycles. The number of nitrogens with zero attached hydrogens (tertiary/aromatic N) is 1. The molecule has 0 bridgehead atoms. The molecule has 0 aliphatic carbocycles. The number of carboxylic acid groups (broad SMARTS) is 1. The predicted octanol–water partition coefficient (Wildman–Crippen LogP) is 5.12. The molecular weight excluding hydrogens is 380 g/mol. The van der Waals surface area contributed by atoms with E-state index < -0.39 is 11.9 Å². The van der Waals surface area contributed by atoms with E-state index >= 15 is 0 Å². The quantitative estimate of drug-likeness (QED) is 0.457. The monoisotopic (exact) mass is 400 g/mol. The van der Waals surface area contributed by atoms with Crippen molar-refractivity contribution in [1.82, 2.24) is 0 Å². The SMILES string of the molecule is Cc1ccc(NC(=O)/C(C#N)=C\c2ccc(-c3ccc(C(=O)O)cc3C)o2)cc1C. The minimum Gasteiger partial charge on any atom is -0.478 e.